The van der Waals surface area contributed by atoms with Gasteiger partial charge in [0.25, 0.3) is 0 Å². The van der Waals surface area contributed by atoms with Crippen LogP contribution in [0.1, 0.15) is 24.0 Å². The molecule has 1 aliphatic heterocycles. The zero-order chi connectivity index (χ0) is 29.6. The Morgan fingerprint density at radius 2 is 1.79 bits per heavy atom. The molecule has 1 saturated heterocycles. The van der Waals surface area contributed by atoms with E-state index in [0.29, 0.717) is 28.0 Å². The normalized spacial score (nSPS) is 14.3. The van der Waals surface area contributed by atoms with Gasteiger partial charge < -0.3 is 4.98 Å². The van der Waals surface area contributed by atoms with E-state index < -0.39 is 15.8 Å². The molecule has 43 heavy (non-hydrogen) atoms. The van der Waals surface area contributed by atoms with Crippen molar-refractivity contribution in [1.29, 1.82) is 0 Å². The number of aromatic amines is 2. The first-order valence-corrected chi connectivity index (χ1v) is 15.9. The number of hydrogen-bond acceptors (Lipinski definition) is 7. The van der Waals surface area contributed by atoms with Crippen molar-refractivity contribution in [2.75, 3.05) is 19.3 Å². The molecule has 0 spiro atoms. The maximum atomic E-state index is 14.6. The molecule has 0 bridgehead atoms. The van der Waals surface area contributed by atoms with E-state index >= 15 is 0 Å². The van der Waals surface area contributed by atoms with Gasteiger partial charge in [-0.2, -0.15) is 5.10 Å². The van der Waals surface area contributed by atoms with Crippen LogP contribution in [0, 0.1) is 5.82 Å². The Kier molecular flexibility index (Phi) is 6.96. The smallest absolute Gasteiger partial charge is 0.209 e. The molecule has 5 aromatic heterocycles. The predicted molar refractivity (Wildman–Crippen MR) is 164 cm³/mol. The zero-order valence-electron chi connectivity index (χ0n) is 23.4. The molecule has 6 aromatic rings. The van der Waals surface area contributed by atoms with Gasteiger partial charge >= 0.3 is 0 Å². The molecule has 1 aromatic carbocycles. The van der Waals surface area contributed by atoms with Crippen LogP contribution >= 0.6 is 0 Å². The third-order valence-corrected chi connectivity index (χ3v) is 8.34. The van der Waals surface area contributed by atoms with Gasteiger partial charge in [0.2, 0.25) is 10.0 Å². The van der Waals surface area contributed by atoms with E-state index in [1.807, 2.05) is 36.7 Å². The third kappa shape index (κ3) is 5.76. The van der Waals surface area contributed by atoms with Crippen molar-refractivity contribution < 1.29 is 12.8 Å². The Bertz CT molecular complexity index is 2080. The highest BCUT2D eigenvalue weighted by Crippen LogP contribution is 2.34. The van der Waals surface area contributed by atoms with Gasteiger partial charge in [-0.05, 0) is 85.6 Å². The molecule has 0 saturated carbocycles. The first-order valence-electron chi connectivity index (χ1n) is 14.0. The summed E-state index contributed by atoms with van der Waals surface area (Å²) in [6, 6.07) is 14.3. The number of sulfonamides is 1. The van der Waals surface area contributed by atoms with Crippen LogP contribution in [-0.4, -0.2) is 62.8 Å². The molecular formula is C31H29FN8O2S. The van der Waals surface area contributed by atoms with Crippen molar-refractivity contribution >= 4 is 32.0 Å². The number of rotatable bonds is 8. The predicted octanol–water partition coefficient (Wildman–Crippen LogP) is 5.01. The van der Waals surface area contributed by atoms with Gasteiger partial charge in [0.1, 0.15) is 17.0 Å². The molecule has 218 valence electrons. The van der Waals surface area contributed by atoms with E-state index in [4.69, 9.17) is 4.98 Å². The van der Waals surface area contributed by atoms with Gasteiger partial charge in [0.15, 0.2) is 0 Å². The fraction of sp³-hybridized carbons (Fsp3) is 0.226. The second kappa shape index (κ2) is 11.0. The number of aromatic nitrogens is 6. The summed E-state index contributed by atoms with van der Waals surface area (Å²) in [5.74, 6) is -0.480. The van der Waals surface area contributed by atoms with Gasteiger partial charge in [0.05, 0.1) is 28.9 Å². The number of H-pyrrole nitrogens is 2. The second-order valence-electron chi connectivity index (χ2n) is 11.0. The Morgan fingerprint density at radius 1 is 0.953 bits per heavy atom. The monoisotopic (exact) mass is 596 g/mol. The molecule has 0 unspecified atom stereocenters. The number of pyridine rings is 3. The fourth-order valence-electron chi connectivity index (χ4n) is 5.68. The number of fused-ring (bicyclic) bond motifs is 2. The van der Waals surface area contributed by atoms with E-state index in [0.717, 1.165) is 64.8 Å². The van der Waals surface area contributed by atoms with Crippen LogP contribution in [0.2, 0.25) is 0 Å². The van der Waals surface area contributed by atoms with Crippen LogP contribution in [0.15, 0.2) is 67.1 Å². The number of nitrogens with one attached hydrogen (secondary N) is 3. The quantitative estimate of drug-likeness (QED) is 0.225. The van der Waals surface area contributed by atoms with Crippen molar-refractivity contribution in [3.8, 4) is 33.9 Å². The van der Waals surface area contributed by atoms with E-state index in [-0.39, 0.29) is 6.54 Å². The summed E-state index contributed by atoms with van der Waals surface area (Å²) in [5.41, 5.74) is 8.19. The van der Waals surface area contributed by atoms with E-state index in [1.165, 1.54) is 25.0 Å². The lowest BCUT2D eigenvalue weighted by molar-refractivity contribution is 0.331. The Hall–Kier alpha value is -4.52. The van der Waals surface area contributed by atoms with E-state index in [1.54, 1.807) is 12.3 Å². The number of nitrogens with zero attached hydrogens (tertiary/aromatic N) is 5. The topological polar surface area (TPSA) is 133 Å². The maximum absolute atomic E-state index is 14.6. The number of hydrogen-bond donors (Lipinski definition) is 3. The Morgan fingerprint density at radius 3 is 2.63 bits per heavy atom. The van der Waals surface area contributed by atoms with Crippen LogP contribution < -0.4 is 4.72 Å². The highest BCUT2D eigenvalue weighted by atomic mass is 32.2. The number of likely N-dealkylation sites (tertiary alicyclic amines) is 1. The van der Waals surface area contributed by atoms with E-state index in [2.05, 4.69) is 40.8 Å². The highest BCUT2D eigenvalue weighted by molar-refractivity contribution is 7.88. The highest BCUT2D eigenvalue weighted by Gasteiger charge is 2.18. The number of halogens is 1. The summed E-state index contributed by atoms with van der Waals surface area (Å²) in [7, 11) is -3.43. The number of benzene rings is 1. The van der Waals surface area contributed by atoms with Crippen molar-refractivity contribution in [2.45, 2.75) is 25.9 Å². The summed E-state index contributed by atoms with van der Waals surface area (Å²) in [5, 5.41) is 8.43. The van der Waals surface area contributed by atoms with Crippen LogP contribution in [0.3, 0.4) is 0 Å². The van der Waals surface area contributed by atoms with Gasteiger partial charge in [-0.1, -0.05) is 0 Å². The summed E-state index contributed by atoms with van der Waals surface area (Å²) in [4.78, 5) is 19.9. The SMILES string of the molecule is CS(=O)(=O)NCc1cc(F)cc(-c2nccc3[nH]c(-c4n[nH]c5ccc(-c6cncc(CN7CCCC7)c6)nc45)cc23)c1. The van der Waals surface area contributed by atoms with Crippen LogP contribution in [0.4, 0.5) is 4.39 Å². The zero-order valence-corrected chi connectivity index (χ0v) is 24.2. The minimum absolute atomic E-state index is 0.0259. The van der Waals surface area contributed by atoms with Gasteiger partial charge in [-0.25, -0.2) is 22.5 Å². The molecule has 1 aliphatic rings. The van der Waals surface area contributed by atoms with Crippen molar-refractivity contribution in [2.24, 2.45) is 0 Å². The van der Waals surface area contributed by atoms with Gasteiger partial charge in [-0.15, -0.1) is 0 Å². The largest absolute Gasteiger partial charge is 0.353 e. The lowest BCUT2D eigenvalue weighted by Crippen LogP contribution is -2.21. The fourth-order valence-corrected chi connectivity index (χ4v) is 6.10. The van der Waals surface area contributed by atoms with E-state index in [9.17, 15) is 12.8 Å². The molecule has 0 amide bonds. The minimum atomic E-state index is -3.43. The molecular weight excluding hydrogens is 567 g/mol. The summed E-state index contributed by atoms with van der Waals surface area (Å²) < 4.78 is 40.1. The standard InChI is InChI=1S/C31H29FN8O2S/c1-43(41,42)35-16-19-10-21(13-23(32)12-19)29-24-14-28(36-26(24)6-7-34-29)31-30-27(38-39-31)5-4-25(37-30)22-11-20(15-33-17-22)18-40-8-2-3-9-40/h4-7,10-15,17,35-36H,2-3,8-9,16,18H2,1H3,(H,38,39). The summed E-state index contributed by atoms with van der Waals surface area (Å²) >= 11 is 0. The van der Waals surface area contributed by atoms with Crippen molar-refractivity contribution in [1.82, 2.24) is 39.8 Å². The van der Waals surface area contributed by atoms with Gasteiger partial charge in [-0.3, -0.25) is 20.0 Å². The third-order valence-electron chi connectivity index (χ3n) is 7.68. The Labute approximate surface area is 247 Å². The molecule has 12 heteroatoms. The minimum Gasteiger partial charge on any atom is -0.353 e. The molecule has 0 aliphatic carbocycles. The maximum Gasteiger partial charge on any atom is 0.209 e. The molecule has 6 heterocycles. The first-order chi connectivity index (χ1) is 20.8. The second-order valence-corrected chi connectivity index (χ2v) is 12.8. The summed E-state index contributed by atoms with van der Waals surface area (Å²) in [6.45, 7) is 3.10. The van der Waals surface area contributed by atoms with Crippen LogP contribution in [0.5, 0.6) is 0 Å². The molecule has 3 N–H and O–H groups in total. The van der Waals surface area contributed by atoms with Crippen molar-refractivity contribution in [3.63, 3.8) is 0 Å². The average molecular weight is 597 g/mol. The summed E-state index contributed by atoms with van der Waals surface area (Å²) in [6.07, 6.45) is 8.96. The lowest BCUT2D eigenvalue weighted by Gasteiger charge is -2.14. The van der Waals surface area contributed by atoms with Gasteiger partial charge in [0, 0.05) is 53.7 Å². The molecule has 1 fully saturated rings. The lowest BCUT2D eigenvalue weighted by atomic mass is 10.0. The molecule has 0 radical (unpaired) electrons. The first kappa shape index (κ1) is 27.3. The molecule has 10 nitrogen and oxygen atoms in total. The molecule has 7 rings (SSSR count). The van der Waals surface area contributed by atoms with Crippen LogP contribution in [0.25, 0.3) is 55.8 Å². The Balaban J connectivity index is 1.24. The average Bonchev–Trinajstić information content (AvgIpc) is 3.75. The molecule has 0 atom stereocenters. The van der Waals surface area contributed by atoms with Crippen molar-refractivity contribution in [3.05, 3.63) is 84.1 Å². The van der Waals surface area contributed by atoms with Crippen LogP contribution in [-0.2, 0) is 23.1 Å².